The van der Waals surface area contributed by atoms with E-state index in [1.165, 1.54) is 21.9 Å². The number of ether oxygens (including phenoxy) is 1. The first-order valence-electron chi connectivity index (χ1n) is 6.85. The number of aromatic amines is 1. The lowest BCUT2D eigenvalue weighted by molar-refractivity contribution is 0.415. The Labute approximate surface area is 122 Å². The van der Waals surface area contributed by atoms with E-state index in [0.717, 1.165) is 16.8 Å². The number of benzene rings is 2. The minimum Gasteiger partial charge on any atom is -0.497 e. The fraction of sp³-hybridized carbons (Fsp3) is 0.0556. The van der Waals surface area contributed by atoms with Crippen molar-refractivity contribution in [2.75, 3.05) is 7.11 Å². The van der Waals surface area contributed by atoms with Crippen LogP contribution >= 0.6 is 0 Å². The van der Waals surface area contributed by atoms with Gasteiger partial charge in [0.2, 0.25) is 0 Å². The topological polar surface area (TPSA) is 37.9 Å². The van der Waals surface area contributed by atoms with Crippen LogP contribution in [0, 0.1) is 0 Å². The van der Waals surface area contributed by atoms with Crippen LogP contribution in [-0.4, -0.2) is 17.1 Å². The smallest absolute Gasteiger partial charge is 0.137 e. The molecule has 102 valence electrons. The fourth-order valence-electron chi connectivity index (χ4n) is 2.71. The molecule has 0 unspecified atom stereocenters. The van der Waals surface area contributed by atoms with E-state index >= 15 is 0 Å². The van der Waals surface area contributed by atoms with Crippen LogP contribution < -0.4 is 4.74 Å². The Morgan fingerprint density at radius 3 is 2.76 bits per heavy atom. The van der Waals surface area contributed by atoms with Gasteiger partial charge >= 0.3 is 0 Å². The molecule has 21 heavy (non-hydrogen) atoms. The predicted octanol–water partition coefficient (Wildman–Crippen LogP) is 4.39. The highest BCUT2D eigenvalue weighted by Gasteiger charge is 2.07. The van der Waals surface area contributed by atoms with Crippen LogP contribution in [0.25, 0.3) is 32.9 Å². The van der Waals surface area contributed by atoms with Gasteiger partial charge in [0, 0.05) is 23.3 Å². The lowest BCUT2D eigenvalue weighted by Gasteiger charge is -2.05. The molecule has 0 saturated heterocycles. The van der Waals surface area contributed by atoms with Crippen LogP contribution in [0.15, 0.2) is 60.9 Å². The lowest BCUT2D eigenvalue weighted by Crippen LogP contribution is -1.83. The predicted molar refractivity (Wildman–Crippen MR) is 85.6 cm³/mol. The van der Waals surface area contributed by atoms with Gasteiger partial charge in [-0.15, -0.1) is 0 Å². The summed E-state index contributed by atoms with van der Waals surface area (Å²) in [6, 6.07) is 16.6. The zero-order chi connectivity index (χ0) is 14.2. The molecule has 4 aromatic rings. The highest BCUT2D eigenvalue weighted by molar-refractivity contribution is 5.97. The molecule has 2 aromatic heterocycles. The number of rotatable bonds is 2. The molecule has 0 aliphatic heterocycles. The van der Waals surface area contributed by atoms with Gasteiger partial charge in [-0.25, -0.2) is 4.98 Å². The summed E-state index contributed by atoms with van der Waals surface area (Å²) in [7, 11) is 1.69. The van der Waals surface area contributed by atoms with Crippen LogP contribution in [0.3, 0.4) is 0 Å². The maximum absolute atomic E-state index is 5.27. The van der Waals surface area contributed by atoms with Gasteiger partial charge in [-0.1, -0.05) is 18.2 Å². The third-order valence-corrected chi connectivity index (χ3v) is 3.81. The third kappa shape index (κ3) is 1.94. The van der Waals surface area contributed by atoms with Crippen LogP contribution in [-0.2, 0) is 0 Å². The molecule has 0 saturated carbocycles. The summed E-state index contributed by atoms with van der Waals surface area (Å²) in [5.74, 6) is 0.881. The number of nitrogens with zero attached hydrogens (tertiary/aromatic N) is 1. The monoisotopic (exact) mass is 274 g/mol. The first-order valence-corrected chi connectivity index (χ1v) is 6.85. The second kappa shape index (κ2) is 4.63. The van der Waals surface area contributed by atoms with Crippen molar-refractivity contribution in [3.8, 4) is 16.9 Å². The molecule has 0 bridgehead atoms. The van der Waals surface area contributed by atoms with E-state index in [4.69, 9.17) is 4.74 Å². The van der Waals surface area contributed by atoms with E-state index in [-0.39, 0.29) is 0 Å². The van der Waals surface area contributed by atoms with E-state index < -0.39 is 0 Å². The van der Waals surface area contributed by atoms with Gasteiger partial charge < -0.3 is 9.72 Å². The number of hydrogen-bond acceptors (Lipinski definition) is 2. The SMILES string of the molecule is COc1ccc2cc(-c3c[nH]c4ncccc34)ccc2c1. The Bertz CT molecular complexity index is 940. The van der Waals surface area contributed by atoms with Gasteiger partial charge in [0.1, 0.15) is 11.4 Å². The van der Waals surface area contributed by atoms with Gasteiger partial charge in [0.25, 0.3) is 0 Å². The van der Waals surface area contributed by atoms with Crippen LogP contribution in [0.2, 0.25) is 0 Å². The van der Waals surface area contributed by atoms with E-state index in [1.807, 2.05) is 18.3 Å². The van der Waals surface area contributed by atoms with E-state index in [1.54, 1.807) is 13.3 Å². The van der Waals surface area contributed by atoms with Crippen LogP contribution in [0.5, 0.6) is 5.75 Å². The van der Waals surface area contributed by atoms with Crippen LogP contribution in [0.4, 0.5) is 0 Å². The van der Waals surface area contributed by atoms with Crippen molar-refractivity contribution >= 4 is 21.8 Å². The Balaban J connectivity index is 1.90. The molecule has 0 fully saturated rings. The van der Waals surface area contributed by atoms with Crippen molar-refractivity contribution in [3.63, 3.8) is 0 Å². The zero-order valence-corrected chi connectivity index (χ0v) is 11.6. The number of hydrogen-bond donors (Lipinski definition) is 1. The molecule has 1 N–H and O–H groups in total. The Morgan fingerprint density at radius 2 is 1.86 bits per heavy atom. The number of pyridine rings is 1. The molecule has 3 nitrogen and oxygen atoms in total. The maximum Gasteiger partial charge on any atom is 0.137 e. The summed E-state index contributed by atoms with van der Waals surface area (Å²) >= 11 is 0. The van der Waals surface area contributed by atoms with Crippen molar-refractivity contribution < 1.29 is 4.74 Å². The molecule has 0 aliphatic carbocycles. The summed E-state index contributed by atoms with van der Waals surface area (Å²) in [6.07, 6.45) is 3.82. The summed E-state index contributed by atoms with van der Waals surface area (Å²) in [6.45, 7) is 0. The largest absolute Gasteiger partial charge is 0.497 e. The van der Waals surface area contributed by atoms with Crippen molar-refractivity contribution in [3.05, 3.63) is 60.9 Å². The number of aromatic nitrogens is 2. The molecule has 3 heteroatoms. The summed E-state index contributed by atoms with van der Waals surface area (Å²) in [5, 5.41) is 3.52. The number of nitrogens with one attached hydrogen (secondary N) is 1. The fourth-order valence-corrected chi connectivity index (χ4v) is 2.71. The number of methoxy groups -OCH3 is 1. The average molecular weight is 274 g/mol. The maximum atomic E-state index is 5.27. The van der Waals surface area contributed by atoms with Gasteiger partial charge in [0.15, 0.2) is 0 Å². The second-order valence-corrected chi connectivity index (χ2v) is 5.03. The highest BCUT2D eigenvalue weighted by atomic mass is 16.5. The van der Waals surface area contributed by atoms with E-state index in [9.17, 15) is 0 Å². The molecule has 0 spiro atoms. The molecule has 0 amide bonds. The average Bonchev–Trinajstić information content (AvgIpc) is 2.98. The molecular weight excluding hydrogens is 260 g/mol. The second-order valence-electron chi connectivity index (χ2n) is 5.03. The van der Waals surface area contributed by atoms with Crippen molar-refractivity contribution in [1.29, 1.82) is 0 Å². The first kappa shape index (κ1) is 12.0. The lowest BCUT2D eigenvalue weighted by atomic mass is 10.0. The Hall–Kier alpha value is -2.81. The minimum atomic E-state index is 0.881. The van der Waals surface area contributed by atoms with E-state index in [2.05, 4.69) is 46.4 Å². The molecule has 2 heterocycles. The van der Waals surface area contributed by atoms with Gasteiger partial charge in [0.05, 0.1) is 7.11 Å². The minimum absolute atomic E-state index is 0.881. The quantitative estimate of drug-likeness (QED) is 0.588. The molecule has 0 atom stereocenters. The van der Waals surface area contributed by atoms with E-state index in [0.29, 0.717) is 0 Å². The molecule has 0 radical (unpaired) electrons. The van der Waals surface area contributed by atoms with Crippen LogP contribution in [0.1, 0.15) is 0 Å². The normalized spacial score (nSPS) is 11.1. The van der Waals surface area contributed by atoms with Crippen molar-refractivity contribution in [2.45, 2.75) is 0 Å². The zero-order valence-electron chi connectivity index (χ0n) is 11.6. The molecule has 4 rings (SSSR count). The van der Waals surface area contributed by atoms with Crippen molar-refractivity contribution in [2.24, 2.45) is 0 Å². The van der Waals surface area contributed by atoms with Gasteiger partial charge in [-0.05, 0) is 46.7 Å². The van der Waals surface area contributed by atoms with Crippen molar-refractivity contribution in [1.82, 2.24) is 9.97 Å². The Morgan fingerprint density at radius 1 is 1.00 bits per heavy atom. The number of H-pyrrole nitrogens is 1. The molecule has 0 aliphatic rings. The summed E-state index contributed by atoms with van der Waals surface area (Å²) in [5.41, 5.74) is 3.28. The van der Waals surface area contributed by atoms with Gasteiger partial charge in [-0.3, -0.25) is 0 Å². The standard InChI is InChI=1S/C18H14N2O/c1-21-15-7-6-12-9-14(5-4-13(12)10-15)17-11-20-18-16(17)3-2-8-19-18/h2-11H,1H3,(H,19,20). The third-order valence-electron chi connectivity index (χ3n) is 3.81. The Kier molecular flexibility index (Phi) is 2.64. The van der Waals surface area contributed by atoms with Gasteiger partial charge in [-0.2, -0.15) is 0 Å². The summed E-state index contributed by atoms with van der Waals surface area (Å²) in [4.78, 5) is 7.56. The summed E-state index contributed by atoms with van der Waals surface area (Å²) < 4.78 is 5.27. The molecular formula is C18H14N2O. The first-order chi connectivity index (χ1) is 10.3. The molecule has 2 aromatic carbocycles. The highest BCUT2D eigenvalue weighted by Crippen LogP contribution is 2.31. The number of fused-ring (bicyclic) bond motifs is 2.